The van der Waals surface area contributed by atoms with Crippen LogP contribution in [0.2, 0.25) is 0 Å². The third kappa shape index (κ3) is 4.44. The first-order valence-corrected chi connectivity index (χ1v) is 12.6. The number of carbonyl (C=O) groups excluding carboxylic acids is 1. The summed E-state index contributed by atoms with van der Waals surface area (Å²) in [4.78, 5) is 22.5. The van der Waals surface area contributed by atoms with E-state index >= 15 is 4.39 Å². The Bertz CT molecular complexity index is 1540. The summed E-state index contributed by atoms with van der Waals surface area (Å²) < 4.78 is 75.1. The Morgan fingerprint density at radius 1 is 1.10 bits per heavy atom. The number of allylic oxidation sites excluding steroid dienone is 3. The van der Waals surface area contributed by atoms with Gasteiger partial charge in [-0.15, -0.1) is 0 Å². The Kier molecular flexibility index (Phi) is 6.24. The average Bonchev–Trinajstić information content (AvgIpc) is 3.29. The topological polar surface area (TPSA) is 48.4 Å². The lowest BCUT2D eigenvalue weighted by Gasteiger charge is -2.44. The molecule has 0 N–H and O–H groups in total. The number of ether oxygens (including phenoxy) is 1. The predicted octanol–water partition coefficient (Wildman–Crippen LogP) is 6.15. The number of fused-ring (bicyclic) bond motifs is 4. The molecule has 6 nitrogen and oxygen atoms in total. The van der Waals surface area contributed by atoms with Gasteiger partial charge < -0.3 is 19.4 Å². The molecule has 0 saturated carbocycles. The molecule has 2 unspecified atom stereocenters. The van der Waals surface area contributed by atoms with Crippen molar-refractivity contribution in [3.05, 3.63) is 107 Å². The first-order chi connectivity index (χ1) is 19.1. The molecule has 2 aromatic carbocycles. The van der Waals surface area contributed by atoms with Crippen molar-refractivity contribution < 1.29 is 31.5 Å². The lowest BCUT2D eigenvalue weighted by molar-refractivity contribution is -0.141. The van der Waals surface area contributed by atoms with Crippen molar-refractivity contribution in [2.75, 3.05) is 25.1 Å². The van der Waals surface area contributed by atoms with Crippen LogP contribution < -0.4 is 4.90 Å². The van der Waals surface area contributed by atoms with Crippen molar-refractivity contribution in [1.29, 1.82) is 0 Å². The van der Waals surface area contributed by atoms with Crippen molar-refractivity contribution in [2.45, 2.75) is 24.7 Å². The fourth-order valence-electron chi connectivity index (χ4n) is 5.51. The number of anilines is 1. The van der Waals surface area contributed by atoms with E-state index in [4.69, 9.17) is 4.74 Å². The molecule has 6 rings (SSSR count). The number of carbonyl (C=O) groups is 1. The van der Waals surface area contributed by atoms with E-state index in [-0.39, 0.29) is 35.6 Å². The van der Waals surface area contributed by atoms with Crippen LogP contribution in [0.3, 0.4) is 0 Å². The molecule has 11 heteroatoms. The molecule has 2 aromatic rings. The van der Waals surface area contributed by atoms with Gasteiger partial charge in [-0.05, 0) is 48.1 Å². The van der Waals surface area contributed by atoms with Crippen molar-refractivity contribution in [3.8, 4) is 0 Å². The summed E-state index contributed by atoms with van der Waals surface area (Å²) in [6, 6.07) is 7.98. The maximum Gasteiger partial charge on any atom is 0.416 e. The number of nitrogens with zero attached hydrogens (tertiary/aromatic N) is 4. The highest BCUT2D eigenvalue weighted by molar-refractivity contribution is 6.02. The van der Waals surface area contributed by atoms with Gasteiger partial charge in [0.05, 0.1) is 36.9 Å². The molecule has 1 aliphatic carbocycles. The van der Waals surface area contributed by atoms with Crippen LogP contribution in [0.15, 0.2) is 95.1 Å². The SMILES string of the molecule is COC(=O)CC1c2cccc(F)c2N=C(N2C=C3C=C4C=C(F)C=CC4N3CC2)N1c1cccc(C(F)(F)F)c1. The molecule has 40 heavy (non-hydrogen) atoms. The Labute approximate surface area is 226 Å². The highest BCUT2D eigenvalue weighted by Gasteiger charge is 2.40. The quantitative estimate of drug-likeness (QED) is 0.337. The van der Waals surface area contributed by atoms with Crippen LogP contribution in [0.1, 0.15) is 23.6 Å². The predicted molar refractivity (Wildman–Crippen MR) is 138 cm³/mol. The van der Waals surface area contributed by atoms with Crippen molar-refractivity contribution in [3.63, 3.8) is 0 Å². The first-order valence-electron chi connectivity index (χ1n) is 12.6. The molecule has 0 fully saturated rings. The zero-order valence-corrected chi connectivity index (χ0v) is 21.2. The molecule has 0 radical (unpaired) electrons. The number of para-hydroxylation sites is 1. The Balaban J connectivity index is 1.51. The summed E-state index contributed by atoms with van der Waals surface area (Å²) >= 11 is 0. The highest BCUT2D eigenvalue weighted by atomic mass is 19.4. The van der Waals surface area contributed by atoms with Crippen LogP contribution in [-0.4, -0.2) is 48.0 Å². The monoisotopic (exact) mass is 554 g/mol. The van der Waals surface area contributed by atoms with E-state index in [1.54, 1.807) is 23.2 Å². The standard InChI is InChI=1S/C29H23F5N4O2/c1-40-26(39)15-25-22-6-3-7-23(31)27(22)35-28(38(25)20-5-2-4-18(14-20)29(32,33)34)36-10-11-37-21(16-36)13-17-12-19(30)8-9-24(17)37/h2-9,12-14,16,24-25H,10-11,15H2,1H3. The molecule has 0 amide bonds. The number of esters is 1. The normalized spacial score (nSPS) is 21.6. The number of alkyl halides is 3. The van der Waals surface area contributed by atoms with Gasteiger partial charge in [-0.1, -0.05) is 24.3 Å². The lowest BCUT2D eigenvalue weighted by Crippen LogP contribution is -2.51. The van der Waals surface area contributed by atoms with Gasteiger partial charge in [0.15, 0.2) is 0 Å². The second kappa shape index (κ2) is 9.65. The summed E-state index contributed by atoms with van der Waals surface area (Å²) in [6.45, 7) is 0.835. The van der Waals surface area contributed by atoms with Gasteiger partial charge in [-0.25, -0.2) is 13.8 Å². The maximum atomic E-state index is 15.1. The molecule has 0 bridgehead atoms. The van der Waals surface area contributed by atoms with E-state index in [9.17, 15) is 22.4 Å². The Morgan fingerprint density at radius 2 is 1.90 bits per heavy atom. The molecule has 3 aliphatic heterocycles. The van der Waals surface area contributed by atoms with Gasteiger partial charge in [0.1, 0.15) is 17.3 Å². The highest BCUT2D eigenvalue weighted by Crippen LogP contribution is 2.44. The van der Waals surface area contributed by atoms with Gasteiger partial charge >= 0.3 is 12.1 Å². The summed E-state index contributed by atoms with van der Waals surface area (Å²) in [5.41, 5.74) is 1.12. The maximum absolute atomic E-state index is 15.1. The number of guanidine groups is 1. The number of halogens is 5. The molecule has 0 aromatic heterocycles. The van der Waals surface area contributed by atoms with Gasteiger partial charge in [0.2, 0.25) is 5.96 Å². The first kappa shape index (κ1) is 25.8. The smallest absolute Gasteiger partial charge is 0.416 e. The zero-order chi connectivity index (χ0) is 28.2. The van der Waals surface area contributed by atoms with E-state index in [1.807, 2.05) is 6.08 Å². The fourth-order valence-corrected chi connectivity index (χ4v) is 5.51. The summed E-state index contributed by atoms with van der Waals surface area (Å²) in [7, 11) is 1.21. The number of methoxy groups -OCH3 is 1. The minimum Gasteiger partial charge on any atom is -0.469 e. The Hall–Kier alpha value is -4.41. The van der Waals surface area contributed by atoms with Crippen LogP contribution >= 0.6 is 0 Å². The zero-order valence-electron chi connectivity index (χ0n) is 21.2. The Morgan fingerprint density at radius 3 is 2.67 bits per heavy atom. The van der Waals surface area contributed by atoms with Crippen molar-refractivity contribution in [1.82, 2.24) is 9.80 Å². The van der Waals surface area contributed by atoms with Crippen LogP contribution in [0.4, 0.5) is 33.3 Å². The van der Waals surface area contributed by atoms with E-state index in [0.29, 0.717) is 18.7 Å². The van der Waals surface area contributed by atoms with Gasteiger partial charge in [0, 0.05) is 30.5 Å². The second-order valence-corrected chi connectivity index (χ2v) is 9.72. The lowest BCUT2D eigenvalue weighted by atomic mass is 9.97. The van der Waals surface area contributed by atoms with Gasteiger partial charge in [-0.3, -0.25) is 4.79 Å². The van der Waals surface area contributed by atoms with Gasteiger partial charge in [-0.2, -0.15) is 13.2 Å². The summed E-state index contributed by atoms with van der Waals surface area (Å²) in [5, 5.41) is 0. The van der Waals surface area contributed by atoms with Crippen LogP contribution in [0.25, 0.3) is 0 Å². The number of hydrogen-bond acceptors (Lipinski definition) is 6. The number of hydrogen-bond donors (Lipinski definition) is 0. The third-order valence-electron chi connectivity index (χ3n) is 7.35. The van der Waals surface area contributed by atoms with Gasteiger partial charge in [0.25, 0.3) is 0 Å². The molecule has 4 aliphatic rings. The number of aliphatic imine (C=N–C) groups is 1. The van der Waals surface area contributed by atoms with E-state index in [1.165, 1.54) is 48.4 Å². The minimum atomic E-state index is -4.61. The largest absolute Gasteiger partial charge is 0.469 e. The molecule has 2 atom stereocenters. The number of rotatable bonds is 3. The molecule has 206 valence electrons. The molecule has 0 spiro atoms. The molecule has 0 saturated heterocycles. The van der Waals surface area contributed by atoms with E-state index in [2.05, 4.69) is 9.89 Å². The molecular weight excluding hydrogens is 531 g/mol. The summed E-state index contributed by atoms with van der Waals surface area (Å²) in [5.74, 6) is -1.44. The van der Waals surface area contributed by atoms with Crippen molar-refractivity contribution in [2.24, 2.45) is 4.99 Å². The minimum absolute atomic E-state index is 0.00171. The number of benzene rings is 2. The third-order valence-corrected chi connectivity index (χ3v) is 7.35. The molecular formula is C29H23F5N4O2. The second-order valence-electron chi connectivity index (χ2n) is 9.72. The molecule has 3 heterocycles. The van der Waals surface area contributed by atoms with Crippen LogP contribution in [-0.2, 0) is 15.7 Å². The van der Waals surface area contributed by atoms with Crippen molar-refractivity contribution >= 4 is 23.3 Å². The summed E-state index contributed by atoms with van der Waals surface area (Å²) in [6.07, 6.45) is 3.35. The van der Waals surface area contributed by atoms with E-state index < -0.39 is 29.6 Å². The van der Waals surface area contributed by atoms with Crippen LogP contribution in [0, 0.1) is 5.82 Å². The fraction of sp³-hybridized carbons (Fsp3) is 0.241. The van der Waals surface area contributed by atoms with Crippen LogP contribution in [0.5, 0.6) is 0 Å². The van der Waals surface area contributed by atoms with E-state index in [0.717, 1.165) is 23.4 Å². The average molecular weight is 555 g/mol.